The van der Waals surface area contributed by atoms with Crippen molar-refractivity contribution in [2.75, 3.05) is 20.2 Å². The first-order valence-electron chi connectivity index (χ1n) is 6.24. The highest BCUT2D eigenvalue weighted by atomic mass is 35.5. The van der Waals surface area contributed by atoms with Crippen molar-refractivity contribution in [2.45, 2.75) is 25.3 Å². The van der Waals surface area contributed by atoms with E-state index in [4.69, 9.17) is 10.5 Å². The molecule has 1 aliphatic carbocycles. The lowest BCUT2D eigenvalue weighted by molar-refractivity contribution is 0.173. The van der Waals surface area contributed by atoms with E-state index in [2.05, 4.69) is 16.4 Å². The van der Waals surface area contributed by atoms with Gasteiger partial charge in [0.25, 0.3) is 0 Å². The van der Waals surface area contributed by atoms with E-state index in [0.717, 1.165) is 38.1 Å². The number of halogens is 1. The Morgan fingerprint density at radius 2 is 2.17 bits per heavy atom. The van der Waals surface area contributed by atoms with Crippen LogP contribution in [0, 0.1) is 5.41 Å². The number of methoxy groups -OCH3 is 1. The number of hydrogen-bond acceptors (Lipinski definition) is 4. The standard InChI is InChI=1S/C13H19N3O.ClH/c1-17-9-6-10-11(16-8-9)7-13(12(10)14)2-4-15-5-3-13;/h6,8,12,15H,2-5,7,14H2,1H3;1H. The normalized spacial score (nSPS) is 24.4. The first-order valence-corrected chi connectivity index (χ1v) is 6.24. The average molecular weight is 270 g/mol. The summed E-state index contributed by atoms with van der Waals surface area (Å²) in [6, 6.07) is 2.17. The number of pyridine rings is 1. The summed E-state index contributed by atoms with van der Waals surface area (Å²) in [5, 5.41) is 3.41. The molecule has 0 radical (unpaired) electrons. The van der Waals surface area contributed by atoms with Gasteiger partial charge in [-0.1, -0.05) is 0 Å². The van der Waals surface area contributed by atoms with E-state index in [1.54, 1.807) is 13.3 Å². The van der Waals surface area contributed by atoms with Crippen molar-refractivity contribution in [1.29, 1.82) is 0 Å². The third-order valence-corrected chi connectivity index (χ3v) is 4.33. The minimum Gasteiger partial charge on any atom is -0.495 e. The van der Waals surface area contributed by atoms with Crippen LogP contribution >= 0.6 is 12.4 Å². The molecule has 18 heavy (non-hydrogen) atoms. The summed E-state index contributed by atoms with van der Waals surface area (Å²) >= 11 is 0. The van der Waals surface area contributed by atoms with Crippen LogP contribution < -0.4 is 15.8 Å². The van der Waals surface area contributed by atoms with Crippen LogP contribution in [0.1, 0.15) is 30.1 Å². The van der Waals surface area contributed by atoms with Crippen molar-refractivity contribution in [1.82, 2.24) is 10.3 Å². The van der Waals surface area contributed by atoms with Crippen molar-refractivity contribution < 1.29 is 4.74 Å². The van der Waals surface area contributed by atoms with Crippen LogP contribution in [0.2, 0.25) is 0 Å². The Labute approximate surface area is 114 Å². The molecule has 0 saturated carbocycles. The van der Waals surface area contributed by atoms with Crippen molar-refractivity contribution >= 4 is 12.4 Å². The molecule has 2 heterocycles. The van der Waals surface area contributed by atoms with E-state index in [-0.39, 0.29) is 23.9 Å². The maximum Gasteiger partial charge on any atom is 0.137 e. The Balaban J connectivity index is 0.00000120. The van der Waals surface area contributed by atoms with Crippen LogP contribution in [-0.4, -0.2) is 25.2 Å². The van der Waals surface area contributed by atoms with E-state index in [0.29, 0.717) is 0 Å². The SMILES string of the molecule is COc1cnc2c(c1)C(N)C1(CCNCC1)C2.Cl. The molecule has 1 aromatic rings. The highest BCUT2D eigenvalue weighted by Gasteiger charge is 2.45. The largest absolute Gasteiger partial charge is 0.495 e. The van der Waals surface area contributed by atoms with Gasteiger partial charge in [0, 0.05) is 11.7 Å². The fourth-order valence-corrected chi connectivity index (χ4v) is 3.20. The number of ether oxygens (including phenoxy) is 1. The van der Waals surface area contributed by atoms with E-state index in [9.17, 15) is 0 Å². The smallest absolute Gasteiger partial charge is 0.137 e. The number of hydrogen-bond donors (Lipinski definition) is 2. The molecule has 2 aliphatic rings. The molecule has 1 aromatic heterocycles. The molecule has 1 saturated heterocycles. The molecule has 0 bridgehead atoms. The molecule has 0 aromatic carbocycles. The van der Waals surface area contributed by atoms with Gasteiger partial charge in [0.1, 0.15) is 5.75 Å². The minimum absolute atomic E-state index is 0. The highest BCUT2D eigenvalue weighted by Crippen LogP contribution is 2.49. The fourth-order valence-electron chi connectivity index (χ4n) is 3.20. The zero-order valence-corrected chi connectivity index (χ0v) is 11.4. The van der Waals surface area contributed by atoms with Crippen LogP contribution in [0.25, 0.3) is 0 Å². The third-order valence-electron chi connectivity index (χ3n) is 4.33. The number of fused-ring (bicyclic) bond motifs is 1. The molecular weight excluding hydrogens is 250 g/mol. The lowest BCUT2D eigenvalue weighted by atomic mass is 9.74. The number of nitrogens with one attached hydrogen (secondary N) is 1. The minimum atomic E-state index is 0. The monoisotopic (exact) mass is 269 g/mol. The van der Waals surface area contributed by atoms with E-state index in [1.807, 2.05) is 0 Å². The Hall–Kier alpha value is -0.840. The molecule has 1 atom stereocenters. The maximum absolute atomic E-state index is 6.46. The van der Waals surface area contributed by atoms with Crippen molar-refractivity contribution in [3.8, 4) is 5.75 Å². The van der Waals surface area contributed by atoms with E-state index >= 15 is 0 Å². The van der Waals surface area contributed by atoms with Gasteiger partial charge in [-0.15, -0.1) is 12.4 Å². The predicted molar refractivity (Wildman–Crippen MR) is 73.2 cm³/mol. The van der Waals surface area contributed by atoms with Gasteiger partial charge in [0.05, 0.1) is 13.3 Å². The molecule has 4 nitrogen and oxygen atoms in total. The lowest BCUT2D eigenvalue weighted by Crippen LogP contribution is -2.42. The van der Waals surface area contributed by atoms with Crippen LogP contribution in [0.4, 0.5) is 0 Å². The summed E-state index contributed by atoms with van der Waals surface area (Å²) in [6.45, 7) is 2.14. The predicted octanol–water partition coefficient (Wildman–Crippen LogP) is 1.44. The number of nitrogens with zero attached hydrogens (tertiary/aromatic N) is 1. The van der Waals surface area contributed by atoms with Crippen LogP contribution in [0.5, 0.6) is 5.75 Å². The second-order valence-electron chi connectivity index (χ2n) is 5.18. The molecule has 1 fully saturated rings. The van der Waals surface area contributed by atoms with E-state index in [1.165, 1.54) is 11.3 Å². The summed E-state index contributed by atoms with van der Waals surface area (Å²) in [4.78, 5) is 4.50. The molecular formula is C13H20ClN3O. The number of rotatable bonds is 1. The zero-order valence-electron chi connectivity index (χ0n) is 10.6. The van der Waals surface area contributed by atoms with Gasteiger partial charge in [0.2, 0.25) is 0 Å². The summed E-state index contributed by atoms with van der Waals surface area (Å²) in [5.41, 5.74) is 9.04. The average Bonchev–Trinajstić information content (AvgIpc) is 2.63. The van der Waals surface area contributed by atoms with Crippen LogP contribution in [0.15, 0.2) is 12.3 Å². The Morgan fingerprint density at radius 1 is 1.44 bits per heavy atom. The van der Waals surface area contributed by atoms with Crippen molar-refractivity contribution in [2.24, 2.45) is 11.1 Å². The van der Waals surface area contributed by atoms with Gasteiger partial charge in [-0.3, -0.25) is 4.98 Å². The molecule has 3 N–H and O–H groups in total. The first kappa shape index (κ1) is 13.6. The highest BCUT2D eigenvalue weighted by molar-refractivity contribution is 5.85. The Bertz CT molecular complexity index is 432. The van der Waals surface area contributed by atoms with Crippen molar-refractivity contribution in [3.63, 3.8) is 0 Å². The number of nitrogens with two attached hydrogens (primary N) is 1. The second kappa shape index (κ2) is 5.03. The van der Waals surface area contributed by atoms with Gasteiger partial charge in [-0.25, -0.2) is 0 Å². The molecule has 5 heteroatoms. The first-order chi connectivity index (χ1) is 8.25. The number of aromatic nitrogens is 1. The van der Waals surface area contributed by atoms with E-state index < -0.39 is 0 Å². The van der Waals surface area contributed by atoms with Gasteiger partial charge >= 0.3 is 0 Å². The van der Waals surface area contributed by atoms with Crippen LogP contribution in [-0.2, 0) is 6.42 Å². The summed E-state index contributed by atoms with van der Waals surface area (Å²) in [6.07, 6.45) is 5.11. The molecule has 1 spiro atoms. The lowest BCUT2D eigenvalue weighted by Gasteiger charge is -2.37. The second-order valence-corrected chi connectivity index (χ2v) is 5.18. The molecule has 1 unspecified atom stereocenters. The molecule has 0 amide bonds. The summed E-state index contributed by atoms with van der Waals surface area (Å²) < 4.78 is 5.23. The number of piperidine rings is 1. The Morgan fingerprint density at radius 3 is 2.83 bits per heavy atom. The van der Waals surface area contributed by atoms with Crippen LogP contribution in [0.3, 0.4) is 0 Å². The third kappa shape index (κ3) is 1.98. The zero-order chi connectivity index (χ0) is 11.9. The Kier molecular flexibility index (Phi) is 3.80. The fraction of sp³-hybridized carbons (Fsp3) is 0.615. The molecule has 3 rings (SSSR count). The summed E-state index contributed by atoms with van der Waals surface area (Å²) in [5.74, 6) is 0.810. The van der Waals surface area contributed by atoms with Gasteiger partial charge < -0.3 is 15.8 Å². The summed E-state index contributed by atoms with van der Waals surface area (Å²) in [7, 11) is 1.67. The van der Waals surface area contributed by atoms with Crippen molar-refractivity contribution in [3.05, 3.63) is 23.5 Å². The van der Waals surface area contributed by atoms with Gasteiger partial charge in [0.15, 0.2) is 0 Å². The maximum atomic E-state index is 6.46. The quantitative estimate of drug-likeness (QED) is 0.810. The van der Waals surface area contributed by atoms with Gasteiger partial charge in [-0.2, -0.15) is 0 Å². The topological polar surface area (TPSA) is 60.2 Å². The molecule has 1 aliphatic heterocycles. The van der Waals surface area contributed by atoms with Gasteiger partial charge in [-0.05, 0) is 49.4 Å². The molecule has 100 valence electrons.